The highest BCUT2D eigenvalue weighted by atomic mass is 16.4. The summed E-state index contributed by atoms with van der Waals surface area (Å²) in [6.45, 7) is 9.31. The zero-order chi connectivity index (χ0) is 12.3. The van der Waals surface area contributed by atoms with Gasteiger partial charge in [-0.1, -0.05) is 20.8 Å². The first-order valence-electron chi connectivity index (χ1n) is 4.84. The van der Waals surface area contributed by atoms with Crippen LogP contribution in [0.25, 0.3) is 0 Å². The molecule has 0 aliphatic heterocycles. The topological polar surface area (TPSA) is 78.4 Å². The molecular formula is C10H20N2O3. The van der Waals surface area contributed by atoms with Crippen molar-refractivity contribution in [3.8, 4) is 0 Å². The first kappa shape index (κ1) is 13.7. The van der Waals surface area contributed by atoms with Crippen molar-refractivity contribution in [3.63, 3.8) is 0 Å². The van der Waals surface area contributed by atoms with Gasteiger partial charge in [0.2, 0.25) is 0 Å². The lowest BCUT2D eigenvalue weighted by Crippen LogP contribution is -2.54. The second-order valence-electron chi connectivity index (χ2n) is 5.30. The fourth-order valence-corrected chi connectivity index (χ4v) is 0.727. The number of carbonyl (C=O) groups is 2. The van der Waals surface area contributed by atoms with Crippen molar-refractivity contribution >= 4 is 12.0 Å². The summed E-state index contributed by atoms with van der Waals surface area (Å²) in [6, 6.07) is -0.461. The van der Waals surface area contributed by atoms with E-state index in [1.807, 2.05) is 20.8 Å². The highest BCUT2D eigenvalue weighted by molar-refractivity contribution is 5.85. The molecule has 0 spiro atoms. The van der Waals surface area contributed by atoms with E-state index < -0.39 is 17.5 Å². The summed E-state index contributed by atoms with van der Waals surface area (Å²) in [5.41, 5.74) is -1.27. The number of carbonyl (C=O) groups excluding carboxylic acids is 1. The zero-order valence-corrected chi connectivity index (χ0v) is 9.97. The van der Waals surface area contributed by atoms with Gasteiger partial charge in [-0.05, 0) is 19.3 Å². The molecule has 2 amide bonds. The molecule has 15 heavy (non-hydrogen) atoms. The van der Waals surface area contributed by atoms with Crippen LogP contribution in [0.4, 0.5) is 4.79 Å². The van der Waals surface area contributed by atoms with E-state index in [4.69, 9.17) is 5.11 Å². The van der Waals surface area contributed by atoms with Gasteiger partial charge in [-0.2, -0.15) is 0 Å². The second-order valence-corrected chi connectivity index (χ2v) is 5.30. The Balaban J connectivity index is 4.11. The maximum Gasteiger partial charge on any atom is 0.328 e. The van der Waals surface area contributed by atoms with Crippen molar-refractivity contribution in [3.05, 3.63) is 0 Å². The van der Waals surface area contributed by atoms with E-state index in [9.17, 15) is 9.59 Å². The van der Waals surface area contributed by atoms with Crippen molar-refractivity contribution in [1.29, 1.82) is 0 Å². The number of carboxylic acid groups (broad SMARTS) is 1. The van der Waals surface area contributed by atoms with Crippen LogP contribution in [0.3, 0.4) is 0 Å². The van der Waals surface area contributed by atoms with Crippen LogP contribution in [0.5, 0.6) is 0 Å². The van der Waals surface area contributed by atoms with Crippen LogP contribution in [0, 0.1) is 5.41 Å². The molecule has 0 saturated heterocycles. The molecule has 0 fully saturated rings. The SMILES string of the molecule is CC(C)(C)CNC(=O)NC(C)(C)C(=O)O. The Kier molecular flexibility index (Phi) is 4.13. The Hall–Kier alpha value is -1.26. The Morgan fingerprint density at radius 3 is 1.93 bits per heavy atom. The zero-order valence-electron chi connectivity index (χ0n) is 9.97. The molecule has 0 bridgehead atoms. The summed E-state index contributed by atoms with van der Waals surface area (Å²) < 4.78 is 0. The number of urea groups is 1. The quantitative estimate of drug-likeness (QED) is 0.663. The molecule has 0 aliphatic rings. The van der Waals surface area contributed by atoms with Gasteiger partial charge in [0.25, 0.3) is 0 Å². The molecule has 0 aromatic carbocycles. The van der Waals surface area contributed by atoms with E-state index in [1.165, 1.54) is 13.8 Å². The van der Waals surface area contributed by atoms with E-state index in [0.717, 1.165) is 0 Å². The molecule has 88 valence electrons. The van der Waals surface area contributed by atoms with Gasteiger partial charge in [0, 0.05) is 6.54 Å². The van der Waals surface area contributed by atoms with Crippen molar-refractivity contribution in [2.45, 2.75) is 40.2 Å². The average molecular weight is 216 g/mol. The number of amides is 2. The average Bonchev–Trinajstić information content (AvgIpc) is 1.98. The van der Waals surface area contributed by atoms with Crippen LogP contribution >= 0.6 is 0 Å². The molecule has 0 unspecified atom stereocenters. The van der Waals surface area contributed by atoms with Crippen molar-refractivity contribution in [2.24, 2.45) is 5.41 Å². The van der Waals surface area contributed by atoms with Gasteiger partial charge in [0.15, 0.2) is 0 Å². The van der Waals surface area contributed by atoms with Gasteiger partial charge in [-0.25, -0.2) is 9.59 Å². The molecule has 0 aromatic rings. The molecule has 0 radical (unpaired) electrons. The third kappa shape index (κ3) is 5.93. The van der Waals surface area contributed by atoms with Gasteiger partial charge >= 0.3 is 12.0 Å². The van der Waals surface area contributed by atoms with Crippen LogP contribution < -0.4 is 10.6 Å². The monoisotopic (exact) mass is 216 g/mol. The van der Waals surface area contributed by atoms with Gasteiger partial charge in [-0.15, -0.1) is 0 Å². The summed E-state index contributed by atoms with van der Waals surface area (Å²) >= 11 is 0. The number of hydrogen-bond donors (Lipinski definition) is 3. The first-order chi connectivity index (χ1) is 6.54. The molecule has 3 N–H and O–H groups in total. The molecule has 0 heterocycles. The molecule has 0 rings (SSSR count). The molecule has 0 saturated carbocycles. The molecular weight excluding hydrogens is 196 g/mol. The fourth-order valence-electron chi connectivity index (χ4n) is 0.727. The van der Waals surface area contributed by atoms with Crippen LogP contribution in [-0.4, -0.2) is 29.2 Å². The van der Waals surface area contributed by atoms with Gasteiger partial charge in [-0.3, -0.25) is 0 Å². The highest BCUT2D eigenvalue weighted by Gasteiger charge is 2.29. The largest absolute Gasteiger partial charge is 0.480 e. The minimum absolute atomic E-state index is 0.0231. The van der Waals surface area contributed by atoms with Crippen LogP contribution in [-0.2, 0) is 4.79 Å². The number of carboxylic acids is 1. The minimum atomic E-state index is -1.25. The molecule has 5 nitrogen and oxygen atoms in total. The molecule has 0 aliphatic carbocycles. The minimum Gasteiger partial charge on any atom is -0.480 e. The van der Waals surface area contributed by atoms with Gasteiger partial charge in [0.1, 0.15) is 5.54 Å². The number of nitrogens with one attached hydrogen (secondary N) is 2. The van der Waals surface area contributed by atoms with Crippen LogP contribution in [0.15, 0.2) is 0 Å². The van der Waals surface area contributed by atoms with Gasteiger partial charge < -0.3 is 15.7 Å². The summed E-state index contributed by atoms with van der Waals surface area (Å²) in [5.74, 6) is -1.06. The maximum absolute atomic E-state index is 11.3. The fraction of sp³-hybridized carbons (Fsp3) is 0.800. The number of hydrogen-bond acceptors (Lipinski definition) is 2. The summed E-state index contributed by atoms with van der Waals surface area (Å²) in [6.07, 6.45) is 0. The van der Waals surface area contributed by atoms with Crippen LogP contribution in [0.2, 0.25) is 0 Å². The Bertz CT molecular complexity index is 254. The van der Waals surface area contributed by atoms with E-state index >= 15 is 0 Å². The number of rotatable bonds is 3. The standard InChI is InChI=1S/C10H20N2O3/c1-9(2,3)6-11-8(15)12-10(4,5)7(13)14/h6H2,1-5H3,(H,13,14)(H2,11,12,15). The van der Waals surface area contributed by atoms with Crippen molar-refractivity contribution in [1.82, 2.24) is 10.6 Å². The van der Waals surface area contributed by atoms with E-state index in [1.54, 1.807) is 0 Å². The lowest BCUT2D eigenvalue weighted by molar-refractivity contribution is -0.142. The second kappa shape index (κ2) is 4.51. The van der Waals surface area contributed by atoms with Crippen LogP contribution in [0.1, 0.15) is 34.6 Å². The lowest BCUT2D eigenvalue weighted by atomic mass is 9.97. The van der Waals surface area contributed by atoms with E-state index in [-0.39, 0.29) is 5.41 Å². The normalized spacial score (nSPS) is 12.1. The van der Waals surface area contributed by atoms with E-state index in [0.29, 0.717) is 6.54 Å². The smallest absolute Gasteiger partial charge is 0.328 e. The maximum atomic E-state index is 11.3. The molecule has 5 heteroatoms. The van der Waals surface area contributed by atoms with E-state index in [2.05, 4.69) is 10.6 Å². The number of aliphatic carboxylic acids is 1. The third-order valence-electron chi connectivity index (χ3n) is 1.74. The molecule has 0 atom stereocenters. The van der Waals surface area contributed by atoms with Crippen molar-refractivity contribution < 1.29 is 14.7 Å². The third-order valence-corrected chi connectivity index (χ3v) is 1.74. The Morgan fingerprint density at radius 2 is 1.60 bits per heavy atom. The Morgan fingerprint density at radius 1 is 1.13 bits per heavy atom. The molecule has 0 aromatic heterocycles. The summed E-state index contributed by atoms with van der Waals surface area (Å²) in [7, 11) is 0. The predicted octanol–water partition coefficient (Wildman–Crippen LogP) is 1.19. The highest BCUT2D eigenvalue weighted by Crippen LogP contribution is 2.10. The van der Waals surface area contributed by atoms with Crippen molar-refractivity contribution in [2.75, 3.05) is 6.54 Å². The summed E-state index contributed by atoms with van der Waals surface area (Å²) in [5, 5.41) is 13.8. The first-order valence-corrected chi connectivity index (χ1v) is 4.84. The summed E-state index contributed by atoms with van der Waals surface area (Å²) in [4.78, 5) is 22.0. The van der Waals surface area contributed by atoms with Gasteiger partial charge in [0.05, 0.1) is 0 Å². The lowest BCUT2D eigenvalue weighted by Gasteiger charge is -2.24. The predicted molar refractivity (Wildman–Crippen MR) is 57.7 cm³/mol. The Labute approximate surface area is 90.2 Å².